The van der Waals surface area contributed by atoms with Crippen LogP contribution in [0.3, 0.4) is 0 Å². The lowest BCUT2D eigenvalue weighted by atomic mass is 10.2. The summed E-state index contributed by atoms with van der Waals surface area (Å²) in [7, 11) is 0. The largest absolute Gasteiger partial charge is 0.490 e. The van der Waals surface area contributed by atoms with Crippen LogP contribution in [0.1, 0.15) is 26.3 Å². The molecule has 0 fully saturated rings. The van der Waals surface area contributed by atoms with Crippen LogP contribution in [0.25, 0.3) is 0 Å². The topological polar surface area (TPSA) is 42.8 Å². The van der Waals surface area contributed by atoms with Gasteiger partial charge in [-0.25, -0.2) is 0 Å². The van der Waals surface area contributed by atoms with Crippen molar-refractivity contribution in [1.82, 2.24) is 0 Å². The van der Waals surface area contributed by atoms with E-state index >= 15 is 0 Å². The number of anilines is 1. The van der Waals surface area contributed by atoms with E-state index in [0.717, 1.165) is 11.3 Å². The third kappa shape index (κ3) is 5.32. The molecule has 0 aliphatic rings. The van der Waals surface area contributed by atoms with Crippen LogP contribution in [-0.2, 0) is 0 Å². The van der Waals surface area contributed by atoms with E-state index in [2.05, 4.69) is 10.5 Å². The van der Waals surface area contributed by atoms with Crippen molar-refractivity contribution in [3.63, 3.8) is 0 Å². The molecule has 0 unspecified atom stereocenters. The first-order valence-corrected chi connectivity index (χ1v) is 8.42. The molecule has 24 heavy (non-hydrogen) atoms. The number of nitrogens with zero attached hydrogens (tertiary/aromatic N) is 1. The van der Waals surface area contributed by atoms with E-state index in [1.165, 1.54) is 0 Å². The molecule has 0 saturated carbocycles. The summed E-state index contributed by atoms with van der Waals surface area (Å²) in [6.45, 7) is 6.31. The van der Waals surface area contributed by atoms with Crippen LogP contribution < -0.4 is 14.9 Å². The Bertz CT molecular complexity index is 718. The zero-order chi connectivity index (χ0) is 17.5. The number of nitrogens with one attached hydrogen (secondary N) is 1. The molecule has 1 N–H and O–H groups in total. The molecule has 0 atom stereocenters. The van der Waals surface area contributed by atoms with Crippen LogP contribution in [-0.4, -0.2) is 18.9 Å². The molecule has 0 spiro atoms. The molecule has 0 amide bonds. The molecular weight excluding hydrogens is 347 g/mol. The van der Waals surface area contributed by atoms with Gasteiger partial charge in [0.2, 0.25) is 0 Å². The van der Waals surface area contributed by atoms with Gasteiger partial charge in [-0.15, -0.1) is 0 Å². The highest BCUT2D eigenvalue weighted by Crippen LogP contribution is 2.37. The van der Waals surface area contributed by atoms with E-state index in [9.17, 15) is 0 Å². The van der Waals surface area contributed by atoms with E-state index in [1.807, 2.05) is 39.0 Å². The molecule has 4 nitrogen and oxygen atoms in total. The van der Waals surface area contributed by atoms with Gasteiger partial charge in [-0.05, 0) is 56.7 Å². The SMILES string of the molecule is CCOc1cc(C=NNc2cccc(Cl)c2)cc(Cl)c1OC(C)C. The van der Waals surface area contributed by atoms with Gasteiger partial charge < -0.3 is 9.47 Å². The fourth-order valence-corrected chi connectivity index (χ4v) is 2.47. The van der Waals surface area contributed by atoms with Gasteiger partial charge in [-0.1, -0.05) is 29.3 Å². The average molecular weight is 367 g/mol. The Hall–Kier alpha value is -1.91. The van der Waals surface area contributed by atoms with E-state index in [-0.39, 0.29) is 6.10 Å². The number of hydrazone groups is 1. The standard InChI is InChI=1S/C18H20Cl2N2O2/c1-4-23-17-9-13(8-16(20)18(17)24-12(2)3)11-21-22-15-7-5-6-14(19)10-15/h5-12,22H,4H2,1-3H3. The molecule has 0 radical (unpaired) electrons. The second-order valence-corrected chi connectivity index (χ2v) is 6.15. The molecule has 0 aliphatic carbocycles. The lowest BCUT2D eigenvalue weighted by molar-refractivity contribution is 0.224. The van der Waals surface area contributed by atoms with E-state index in [4.69, 9.17) is 32.7 Å². The minimum absolute atomic E-state index is 0.00530. The van der Waals surface area contributed by atoms with Crippen molar-refractivity contribution in [3.05, 3.63) is 52.0 Å². The second-order valence-electron chi connectivity index (χ2n) is 5.31. The van der Waals surface area contributed by atoms with Crippen LogP contribution >= 0.6 is 23.2 Å². The Morgan fingerprint density at radius 3 is 2.67 bits per heavy atom. The summed E-state index contributed by atoms with van der Waals surface area (Å²) in [5, 5.41) is 5.33. The fourth-order valence-electron chi connectivity index (χ4n) is 2.01. The molecule has 0 saturated heterocycles. The first-order chi connectivity index (χ1) is 11.5. The quantitative estimate of drug-likeness (QED) is 0.510. The van der Waals surface area contributed by atoms with Crippen LogP contribution in [0.4, 0.5) is 5.69 Å². The predicted molar refractivity (Wildman–Crippen MR) is 101 cm³/mol. The fraction of sp³-hybridized carbons (Fsp3) is 0.278. The first-order valence-electron chi connectivity index (χ1n) is 7.67. The number of ether oxygens (including phenoxy) is 2. The summed E-state index contributed by atoms with van der Waals surface area (Å²) < 4.78 is 11.4. The molecule has 128 valence electrons. The first kappa shape index (κ1) is 18.4. The number of rotatable bonds is 7. The van der Waals surface area contributed by atoms with Crippen molar-refractivity contribution in [2.45, 2.75) is 26.9 Å². The average Bonchev–Trinajstić information content (AvgIpc) is 2.51. The molecule has 0 aliphatic heterocycles. The highest BCUT2D eigenvalue weighted by atomic mass is 35.5. The smallest absolute Gasteiger partial charge is 0.180 e. The number of benzene rings is 2. The highest BCUT2D eigenvalue weighted by molar-refractivity contribution is 6.32. The normalized spacial score (nSPS) is 11.1. The van der Waals surface area contributed by atoms with E-state index < -0.39 is 0 Å². The number of hydrogen-bond donors (Lipinski definition) is 1. The maximum atomic E-state index is 6.33. The Balaban J connectivity index is 2.19. The van der Waals surface area contributed by atoms with Crippen molar-refractivity contribution >= 4 is 35.1 Å². The van der Waals surface area contributed by atoms with Gasteiger partial charge >= 0.3 is 0 Å². The summed E-state index contributed by atoms with van der Waals surface area (Å²) in [5.74, 6) is 1.15. The maximum absolute atomic E-state index is 6.33. The molecular formula is C18H20Cl2N2O2. The van der Waals surface area contributed by atoms with Crippen molar-refractivity contribution in [3.8, 4) is 11.5 Å². The third-order valence-corrected chi connectivity index (χ3v) is 3.43. The molecule has 2 aromatic rings. The third-order valence-electron chi connectivity index (χ3n) is 2.92. The Morgan fingerprint density at radius 2 is 2.00 bits per heavy atom. The Morgan fingerprint density at radius 1 is 1.21 bits per heavy atom. The molecule has 0 heterocycles. The van der Waals surface area contributed by atoms with Crippen molar-refractivity contribution < 1.29 is 9.47 Å². The van der Waals surface area contributed by atoms with Gasteiger partial charge in [-0.2, -0.15) is 5.10 Å². The van der Waals surface area contributed by atoms with Gasteiger partial charge in [0.1, 0.15) is 0 Å². The number of hydrogen-bond acceptors (Lipinski definition) is 4. The highest BCUT2D eigenvalue weighted by Gasteiger charge is 2.13. The number of halogens is 2. The maximum Gasteiger partial charge on any atom is 0.180 e. The molecule has 2 aromatic carbocycles. The van der Waals surface area contributed by atoms with E-state index in [0.29, 0.717) is 28.2 Å². The van der Waals surface area contributed by atoms with Crippen LogP contribution in [0.5, 0.6) is 11.5 Å². The second kappa shape index (κ2) is 8.81. The van der Waals surface area contributed by atoms with E-state index in [1.54, 1.807) is 24.4 Å². The van der Waals surface area contributed by atoms with Crippen LogP contribution in [0.15, 0.2) is 41.5 Å². The lowest BCUT2D eigenvalue weighted by Crippen LogP contribution is -2.08. The van der Waals surface area contributed by atoms with Gasteiger partial charge in [0, 0.05) is 5.02 Å². The Kier molecular flexibility index (Phi) is 6.76. The molecule has 6 heteroatoms. The van der Waals surface area contributed by atoms with Crippen molar-refractivity contribution in [1.29, 1.82) is 0 Å². The summed E-state index contributed by atoms with van der Waals surface area (Å²) in [6, 6.07) is 10.9. The molecule has 0 aromatic heterocycles. The molecule has 0 bridgehead atoms. The van der Waals surface area contributed by atoms with Crippen LogP contribution in [0, 0.1) is 0 Å². The minimum atomic E-state index is 0.00530. The van der Waals surface area contributed by atoms with Crippen molar-refractivity contribution in [2.24, 2.45) is 5.10 Å². The van der Waals surface area contributed by atoms with Gasteiger partial charge in [0.25, 0.3) is 0 Å². The summed E-state index contributed by atoms with van der Waals surface area (Å²) in [6.07, 6.45) is 1.67. The summed E-state index contributed by atoms with van der Waals surface area (Å²) in [5.41, 5.74) is 4.52. The Labute approximate surface area is 152 Å². The predicted octanol–water partition coefficient (Wildman–Crippen LogP) is 5.63. The summed E-state index contributed by atoms with van der Waals surface area (Å²) >= 11 is 12.3. The van der Waals surface area contributed by atoms with Gasteiger partial charge in [0.15, 0.2) is 11.5 Å². The lowest BCUT2D eigenvalue weighted by Gasteiger charge is -2.16. The zero-order valence-corrected chi connectivity index (χ0v) is 15.4. The minimum Gasteiger partial charge on any atom is -0.490 e. The van der Waals surface area contributed by atoms with Crippen molar-refractivity contribution in [2.75, 3.05) is 12.0 Å². The van der Waals surface area contributed by atoms with Gasteiger partial charge in [0.05, 0.1) is 29.6 Å². The zero-order valence-electron chi connectivity index (χ0n) is 13.8. The summed E-state index contributed by atoms with van der Waals surface area (Å²) in [4.78, 5) is 0. The monoisotopic (exact) mass is 366 g/mol. The van der Waals surface area contributed by atoms with Gasteiger partial charge in [-0.3, -0.25) is 5.43 Å². The van der Waals surface area contributed by atoms with Crippen LogP contribution in [0.2, 0.25) is 10.0 Å². The molecule has 2 rings (SSSR count).